The molecule has 3 nitrogen and oxygen atoms in total. The molecule has 7 heteroatoms. The van der Waals surface area contributed by atoms with Crippen LogP contribution in [0.1, 0.15) is 16.8 Å². The fraction of sp³-hybridized carbons (Fsp3) is 0.364. The molecule has 0 aliphatic heterocycles. The largest absolute Gasteiger partial charge is 0.399 e. The molecule has 0 aromatic heterocycles. The van der Waals surface area contributed by atoms with Crippen LogP contribution in [0.4, 0.5) is 23.2 Å². The molecule has 18 heavy (non-hydrogen) atoms. The summed E-state index contributed by atoms with van der Waals surface area (Å²) in [5.74, 6) is -1.66. The van der Waals surface area contributed by atoms with Crippen LogP contribution in [0.15, 0.2) is 18.2 Å². The summed E-state index contributed by atoms with van der Waals surface area (Å²) >= 11 is 0. The number of hydrogen-bond acceptors (Lipinski definition) is 2. The average Bonchev–Trinajstić information content (AvgIpc) is 2.24. The van der Waals surface area contributed by atoms with Crippen molar-refractivity contribution in [1.82, 2.24) is 4.90 Å². The van der Waals surface area contributed by atoms with Crippen molar-refractivity contribution in [3.8, 4) is 0 Å². The van der Waals surface area contributed by atoms with Crippen LogP contribution in [-0.2, 0) is 0 Å². The molecule has 0 fully saturated rings. The summed E-state index contributed by atoms with van der Waals surface area (Å²) < 4.78 is 49.3. The number of nitrogen functional groups attached to an aromatic ring is 1. The zero-order valence-electron chi connectivity index (χ0n) is 9.59. The normalized spacial score (nSPS) is 11.4. The van der Waals surface area contributed by atoms with Crippen molar-refractivity contribution >= 4 is 11.6 Å². The van der Waals surface area contributed by atoms with Crippen LogP contribution in [0.5, 0.6) is 0 Å². The lowest BCUT2D eigenvalue weighted by Gasteiger charge is -2.18. The van der Waals surface area contributed by atoms with Gasteiger partial charge in [0.2, 0.25) is 0 Å². The van der Waals surface area contributed by atoms with Gasteiger partial charge in [0.15, 0.2) is 0 Å². The van der Waals surface area contributed by atoms with Gasteiger partial charge in [0.05, 0.1) is 12.0 Å². The number of alkyl halides is 3. The van der Waals surface area contributed by atoms with Crippen LogP contribution >= 0.6 is 0 Å². The van der Waals surface area contributed by atoms with Crippen molar-refractivity contribution in [2.24, 2.45) is 0 Å². The zero-order valence-corrected chi connectivity index (χ0v) is 9.59. The number of nitrogens with zero attached hydrogens (tertiary/aromatic N) is 1. The number of halogens is 4. The van der Waals surface area contributed by atoms with E-state index in [2.05, 4.69) is 0 Å². The van der Waals surface area contributed by atoms with Crippen LogP contribution in [0, 0.1) is 5.82 Å². The monoisotopic (exact) mass is 264 g/mol. The Bertz CT molecular complexity index is 445. The second kappa shape index (κ2) is 5.24. The van der Waals surface area contributed by atoms with Crippen LogP contribution in [0.25, 0.3) is 0 Å². The molecular weight excluding hydrogens is 252 g/mol. The Labute approximate surface area is 101 Å². The zero-order chi connectivity index (χ0) is 13.9. The Balaban J connectivity index is 2.74. The second-order valence-electron chi connectivity index (χ2n) is 3.83. The highest BCUT2D eigenvalue weighted by Gasteiger charge is 2.28. The van der Waals surface area contributed by atoms with Crippen LogP contribution in [-0.4, -0.2) is 30.6 Å². The average molecular weight is 264 g/mol. The minimum Gasteiger partial charge on any atom is -0.399 e. The SMILES string of the molecule is CN(CCC(F)(F)F)C(=O)c1ccc(N)cc1F. The lowest BCUT2D eigenvalue weighted by atomic mass is 10.1. The molecule has 0 bridgehead atoms. The molecule has 0 atom stereocenters. The standard InChI is InChI=1S/C11H12F4N2O/c1-17(5-4-11(13,14)15)10(18)8-3-2-7(16)6-9(8)12/h2-3,6H,4-5,16H2,1H3. The molecule has 0 saturated heterocycles. The van der Waals surface area contributed by atoms with Crippen LogP contribution in [0.3, 0.4) is 0 Å². The molecule has 0 aliphatic rings. The number of amides is 1. The van der Waals surface area contributed by atoms with E-state index in [1.807, 2.05) is 0 Å². The highest BCUT2D eigenvalue weighted by Crippen LogP contribution is 2.20. The van der Waals surface area contributed by atoms with E-state index in [1.165, 1.54) is 13.1 Å². The quantitative estimate of drug-likeness (QED) is 0.673. The van der Waals surface area contributed by atoms with Crippen LogP contribution < -0.4 is 5.73 Å². The number of rotatable bonds is 3. The van der Waals surface area contributed by atoms with E-state index in [4.69, 9.17) is 5.73 Å². The predicted molar refractivity (Wildman–Crippen MR) is 58.4 cm³/mol. The molecular formula is C11H12F4N2O. The lowest BCUT2D eigenvalue weighted by Crippen LogP contribution is -2.31. The molecule has 0 saturated carbocycles. The third-order valence-electron chi connectivity index (χ3n) is 2.30. The van der Waals surface area contributed by atoms with Crippen molar-refractivity contribution in [3.63, 3.8) is 0 Å². The fourth-order valence-electron chi connectivity index (χ4n) is 1.31. The van der Waals surface area contributed by atoms with Gasteiger partial charge in [0.1, 0.15) is 5.82 Å². The first-order chi connectivity index (χ1) is 8.20. The Morgan fingerprint density at radius 3 is 2.50 bits per heavy atom. The van der Waals surface area contributed by atoms with E-state index in [0.29, 0.717) is 0 Å². The van der Waals surface area contributed by atoms with E-state index in [0.717, 1.165) is 17.0 Å². The van der Waals surface area contributed by atoms with Gasteiger partial charge in [-0.1, -0.05) is 0 Å². The molecule has 1 aromatic carbocycles. The fourth-order valence-corrected chi connectivity index (χ4v) is 1.31. The Morgan fingerprint density at radius 1 is 1.39 bits per heavy atom. The number of carbonyl (C=O) groups is 1. The highest BCUT2D eigenvalue weighted by atomic mass is 19.4. The molecule has 2 N–H and O–H groups in total. The van der Waals surface area contributed by atoms with Crippen molar-refractivity contribution in [2.75, 3.05) is 19.3 Å². The van der Waals surface area contributed by atoms with Gasteiger partial charge >= 0.3 is 6.18 Å². The number of benzene rings is 1. The first-order valence-corrected chi connectivity index (χ1v) is 5.08. The summed E-state index contributed by atoms with van der Waals surface area (Å²) in [5, 5.41) is 0. The number of hydrogen-bond donors (Lipinski definition) is 1. The van der Waals surface area contributed by atoms with E-state index < -0.39 is 30.9 Å². The first-order valence-electron chi connectivity index (χ1n) is 5.08. The minimum atomic E-state index is -4.35. The number of anilines is 1. The Hall–Kier alpha value is -1.79. The van der Waals surface area contributed by atoms with Gasteiger partial charge in [-0.25, -0.2) is 4.39 Å². The smallest absolute Gasteiger partial charge is 0.390 e. The molecule has 0 spiro atoms. The summed E-state index contributed by atoms with van der Waals surface area (Å²) in [6.07, 6.45) is -5.49. The maximum Gasteiger partial charge on any atom is 0.390 e. The lowest BCUT2D eigenvalue weighted by molar-refractivity contribution is -0.136. The summed E-state index contributed by atoms with van der Waals surface area (Å²) in [6.45, 7) is -0.522. The molecule has 0 heterocycles. The van der Waals surface area contributed by atoms with Gasteiger partial charge in [0, 0.05) is 19.3 Å². The Kier molecular flexibility index (Phi) is 4.15. The summed E-state index contributed by atoms with van der Waals surface area (Å²) in [5.41, 5.74) is 5.15. The molecule has 1 rings (SSSR count). The first kappa shape index (κ1) is 14.3. The molecule has 0 aliphatic carbocycles. The second-order valence-corrected chi connectivity index (χ2v) is 3.83. The molecule has 100 valence electrons. The summed E-state index contributed by atoms with van der Waals surface area (Å²) in [6, 6.07) is 3.41. The molecule has 0 radical (unpaired) electrons. The van der Waals surface area contributed by atoms with Gasteiger partial charge in [-0.3, -0.25) is 4.79 Å². The third-order valence-corrected chi connectivity index (χ3v) is 2.30. The topological polar surface area (TPSA) is 46.3 Å². The van der Waals surface area contributed by atoms with E-state index in [9.17, 15) is 22.4 Å². The van der Waals surface area contributed by atoms with Crippen molar-refractivity contribution in [2.45, 2.75) is 12.6 Å². The van der Waals surface area contributed by atoms with Gasteiger partial charge in [0.25, 0.3) is 5.91 Å². The molecule has 1 amide bonds. The van der Waals surface area contributed by atoms with E-state index >= 15 is 0 Å². The van der Waals surface area contributed by atoms with Crippen molar-refractivity contribution in [3.05, 3.63) is 29.6 Å². The third kappa shape index (κ3) is 3.90. The van der Waals surface area contributed by atoms with Gasteiger partial charge in [-0.15, -0.1) is 0 Å². The maximum absolute atomic E-state index is 13.4. The van der Waals surface area contributed by atoms with Gasteiger partial charge in [-0.05, 0) is 18.2 Å². The molecule has 1 aromatic rings. The van der Waals surface area contributed by atoms with E-state index in [-0.39, 0.29) is 11.3 Å². The van der Waals surface area contributed by atoms with Crippen LogP contribution in [0.2, 0.25) is 0 Å². The van der Waals surface area contributed by atoms with Crippen molar-refractivity contribution < 1.29 is 22.4 Å². The maximum atomic E-state index is 13.4. The summed E-state index contributed by atoms with van der Waals surface area (Å²) in [7, 11) is 1.18. The molecule has 0 unspecified atom stereocenters. The van der Waals surface area contributed by atoms with E-state index in [1.54, 1.807) is 0 Å². The number of nitrogens with two attached hydrogens (primary N) is 1. The predicted octanol–water partition coefficient (Wildman–Crippen LogP) is 2.43. The Morgan fingerprint density at radius 2 is 2.00 bits per heavy atom. The number of carbonyl (C=O) groups excluding carboxylic acids is 1. The van der Waals surface area contributed by atoms with Crippen molar-refractivity contribution in [1.29, 1.82) is 0 Å². The highest BCUT2D eigenvalue weighted by molar-refractivity contribution is 5.94. The summed E-state index contributed by atoms with van der Waals surface area (Å²) in [4.78, 5) is 12.5. The minimum absolute atomic E-state index is 0.141. The van der Waals surface area contributed by atoms with Gasteiger partial charge < -0.3 is 10.6 Å². The van der Waals surface area contributed by atoms with Gasteiger partial charge in [-0.2, -0.15) is 13.2 Å².